The lowest BCUT2D eigenvalue weighted by atomic mass is 10.3. The number of amides is 1. The molecular formula is C5H9Cl2NO3. The van der Waals surface area contributed by atoms with Gasteiger partial charge in [-0.2, -0.15) is 0 Å². The lowest BCUT2D eigenvalue weighted by Crippen LogP contribution is -2.57. The Labute approximate surface area is 74.1 Å². The molecule has 0 atom stereocenters. The Kier molecular flexibility index (Phi) is 3.14. The molecule has 0 spiro atoms. The molecule has 3 N–H and O–H groups in total. The predicted molar refractivity (Wildman–Crippen MR) is 41.1 cm³/mol. The highest BCUT2D eigenvalue weighted by molar-refractivity contribution is 6.48. The van der Waals surface area contributed by atoms with Crippen molar-refractivity contribution in [2.45, 2.75) is 24.1 Å². The van der Waals surface area contributed by atoms with Crippen LogP contribution in [0.25, 0.3) is 0 Å². The summed E-state index contributed by atoms with van der Waals surface area (Å²) in [5, 5.41) is 19.7. The first kappa shape index (κ1) is 11.0. The van der Waals surface area contributed by atoms with Crippen LogP contribution in [0.4, 0.5) is 0 Å². The van der Waals surface area contributed by atoms with Crippen LogP contribution in [0.1, 0.15) is 13.8 Å². The van der Waals surface area contributed by atoms with Crippen molar-refractivity contribution in [3.63, 3.8) is 0 Å². The Morgan fingerprint density at radius 1 is 1.45 bits per heavy atom. The summed E-state index contributed by atoms with van der Waals surface area (Å²) in [6, 6.07) is 0. The molecule has 0 bridgehead atoms. The van der Waals surface area contributed by atoms with Crippen molar-refractivity contribution in [1.82, 2.24) is 5.32 Å². The van der Waals surface area contributed by atoms with Crippen molar-refractivity contribution in [1.29, 1.82) is 0 Å². The highest BCUT2D eigenvalue weighted by atomic mass is 35.5. The molecular weight excluding hydrogens is 193 g/mol. The fourth-order valence-corrected chi connectivity index (χ4v) is 0.450. The third kappa shape index (κ3) is 3.25. The summed E-state index contributed by atoms with van der Waals surface area (Å²) in [5.41, 5.74) is 0. The molecule has 0 aliphatic rings. The number of aliphatic hydroxyl groups is 2. The fraction of sp³-hybridized carbons (Fsp3) is 0.800. The van der Waals surface area contributed by atoms with Gasteiger partial charge >= 0.3 is 0 Å². The number of rotatable bonds is 2. The van der Waals surface area contributed by atoms with E-state index in [0.717, 1.165) is 13.8 Å². The maximum atomic E-state index is 10.4. The van der Waals surface area contributed by atoms with E-state index in [1.54, 1.807) is 5.32 Å². The second-order valence-electron chi connectivity index (χ2n) is 2.24. The first-order valence-electron chi connectivity index (χ1n) is 2.78. The van der Waals surface area contributed by atoms with Crippen LogP contribution in [-0.2, 0) is 4.79 Å². The van der Waals surface area contributed by atoms with Gasteiger partial charge in [0.15, 0.2) is 4.33 Å². The monoisotopic (exact) mass is 201 g/mol. The molecule has 6 heteroatoms. The van der Waals surface area contributed by atoms with Crippen LogP contribution in [0.3, 0.4) is 0 Å². The summed E-state index contributed by atoms with van der Waals surface area (Å²) in [7, 11) is 0. The zero-order chi connectivity index (χ0) is 9.28. The van der Waals surface area contributed by atoms with Crippen molar-refractivity contribution >= 4 is 29.1 Å². The van der Waals surface area contributed by atoms with E-state index in [0.29, 0.717) is 0 Å². The average molecular weight is 202 g/mol. The molecule has 0 aliphatic heterocycles. The maximum Gasteiger partial charge on any atom is 0.280 e. The first-order valence-corrected chi connectivity index (χ1v) is 3.54. The number of hydrogen-bond acceptors (Lipinski definition) is 3. The molecule has 4 nitrogen and oxygen atoms in total. The van der Waals surface area contributed by atoms with Gasteiger partial charge in [-0.1, -0.05) is 23.2 Å². The molecule has 0 saturated carbocycles. The van der Waals surface area contributed by atoms with Crippen molar-refractivity contribution in [2.24, 2.45) is 0 Å². The molecule has 0 aromatic carbocycles. The van der Waals surface area contributed by atoms with E-state index in [1.807, 2.05) is 0 Å². The van der Waals surface area contributed by atoms with E-state index in [2.05, 4.69) is 0 Å². The minimum atomic E-state index is -2.61. The Bertz CT molecular complexity index is 164. The van der Waals surface area contributed by atoms with Crippen molar-refractivity contribution in [3.8, 4) is 0 Å². The van der Waals surface area contributed by atoms with Gasteiger partial charge in [0.05, 0.1) is 0 Å². The van der Waals surface area contributed by atoms with Crippen molar-refractivity contribution < 1.29 is 15.0 Å². The second-order valence-corrected chi connectivity index (χ2v) is 3.95. The molecule has 0 fully saturated rings. The molecule has 11 heavy (non-hydrogen) atoms. The highest BCUT2D eigenvalue weighted by Gasteiger charge is 2.44. The Morgan fingerprint density at radius 3 is 1.91 bits per heavy atom. The van der Waals surface area contributed by atoms with E-state index in [4.69, 9.17) is 33.4 Å². The zero-order valence-electron chi connectivity index (χ0n) is 6.06. The fourth-order valence-electron chi connectivity index (χ4n) is 0.355. The number of hydrogen-bond donors (Lipinski definition) is 3. The Balaban J connectivity index is 4.34. The summed E-state index contributed by atoms with van der Waals surface area (Å²) in [6.45, 7) is 2.26. The SMILES string of the molecule is CC(=O)NC(O)(O)C(C)(Cl)Cl. The summed E-state index contributed by atoms with van der Waals surface area (Å²) in [4.78, 5) is 10.4. The van der Waals surface area contributed by atoms with Crippen LogP contribution in [0.15, 0.2) is 0 Å². The number of carbonyl (C=O) groups excluding carboxylic acids is 1. The van der Waals surface area contributed by atoms with Gasteiger partial charge in [-0.15, -0.1) is 0 Å². The molecule has 0 aromatic rings. The molecule has 0 aliphatic carbocycles. The van der Waals surface area contributed by atoms with Crippen LogP contribution in [0.2, 0.25) is 0 Å². The van der Waals surface area contributed by atoms with Gasteiger partial charge in [0.2, 0.25) is 5.91 Å². The lowest BCUT2D eigenvalue weighted by molar-refractivity contribution is -0.194. The summed E-state index contributed by atoms with van der Waals surface area (Å²) in [5.74, 6) is -3.25. The predicted octanol–water partition coefficient (Wildman–Crippen LogP) is -0.0453. The molecule has 0 radical (unpaired) electrons. The van der Waals surface area contributed by atoms with Gasteiger partial charge in [-0.25, -0.2) is 0 Å². The lowest BCUT2D eigenvalue weighted by Gasteiger charge is -2.30. The number of halogens is 2. The van der Waals surface area contributed by atoms with Gasteiger partial charge in [0.25, 0.3) is 5.91 Å². The van der Waals surface area contributed by atoms with E-state index >= 15 is 0 Å². The van der Waals surface area contributed by atoms with Crippen LogP contribution in [0.5, 0.6) is 0 Å². The molecule has 0 aromatic heterocycles. The van der Waals surface area contributed by atoms with Crippen molar-refractivity contribution in [2.75, 3.05) is 0 Å². The second kappa shape index (κ2) is 3.15. The maximum absolute atomic E-state index is 10.4. The Hall–Kier alpha value is -0.0300. The van der Waals surface area contributed by atoms with Crippen molar-refractivity contribution in [3.05, 3.63) is 0 Å². The number of alkyl halides is 2. The number of nitrogens with one attached hydrogen (secondary N) is 1. The van der Waals surface area contributed by atoms with E-state index in [-0.39, 0.29) is 0 Å². The molecule has 0 saturated heterocycles. The zero-order valence-corrected chi connectivity index (χ0v) is 7.57. The van der Waals surface area contributed by atoms with Gasteiger partial charge in [-0.3, -0.25) is 4.79 Å². The summed E-state index contributed by atoms with van der Waals surface area (Å²) in [6.07, 6.45) is 0. The Morgan fingerprint density at radius 2 is 1.82 bits per heavy atom. The van der Waals surface area contributed by atoms with Crippen LogP contribution in [0, 0.1) is 0 Å². The quantitative estimate of drug-likeness (QED) is 0.434. The van der Waals surface area contributed by atoms with E-state index < -0.39 is 16.2 Å². The smallest absolute Gasteiger partial charge is 0.280 e. The minimum absolute atomic E-state index is 0.637. The molecule has 0 rings (SSSR count). The third-order valence-corrected chi connectivity index (χ3v) is 1.49. The largest absolute Gasteiger partial charge is 0.347 e. The first-order chi connectivity index (χ1) is 4.67. The van der Waals surface area contributed by atoms with Crippen LogP contribution < -0.4 is 5.32 Å². The molecule has 1 amide bonds. The summed E-state index contributed by atoms with van der Waals surface area (Å²) < 4.78 is -1.85. The van der Waals surface area contributed by atoms with E-state index in [1.165, 1.54) is 0 Å². The average Bonchev–Trinajstić information content (AvgIpc) is 1.56. The highest BCUT2D eigenvalue weighted by Crippen LogP contribution is 2.29. The normalized spacial score (nSPS) is 12.9. The van der Waals surface area contributed by atoms with Crippen LogP contribution in [-0.4, -0.2) is 26.4 Å². The van der Waals surface area contributed by atoms with Gasteiger partial charge in [0.1, 0.15) is 0 Å². The molecule has 66 valence electrons. The van der Waals surface area contributed by atoms with Crippen LogP contribution >= 0.6 is 23.2 Å². The molecule has 0 unspecified atom stereocenters. The standard InChI is InChI=1S/C5H9Cl2NO3/c1-3(9)8-5(10,11)4(2,6)7/h10-11H,1-2H3,(H,8,9). The minimum Gasteiger partial charge on any atom is -0.347 e. The van der Waals surface area contributed by atoms with Gasteiger partial charge in [0, 0.05) is 6.92 Å². The summed E-state index contributed by atoms with van der Waals surface area (Å²) >= 11 is 10.6. The molecule has 0 heterocycles. The number of carbonyl (C=O) groups is 1. The van der Waals surface area contributed by atoms with Gasteiger partial charge < -0.3 is 15.5 Å². The van der Waals surface area contributed by atoms with E-state index in [9.17, 15) is 4.79 Å². The van der Waals surface area contributed by atoms with Gasteiger partial charge in [-0.05, 0) is 6.92 Å². The third-order valence-electron chi connectivity index (χ3n) is 0.962. The topological polar surface area (TPSA) is 69.6 Å².